The number of benzene rings is 1. The van der Waals surface area contributed by atoms with Crippen LogP contribution in [0, 0.1) is 0 Å². The van der Waals surface area contributed by atoms with Crippen molar-refractivity contribution in [3.05, 3.63) is 30.3 Å². The molecule has 0 saturated heterocycles. The van der Waals surface area contributed by atoms with Crippen LogP contribution in [-0.4, -0.2) is 40.6 Å². The van der Waals surface area contributed by atoms with E-state index in [-0.39, 0.29) is 23.5 Å². The molecule has 1 aromatic carbocycles. The lowest BCUT2D eigenvalue weighted by molar-refractivity contribution is -0.137. The molecule has 0 radical (unpaired) electrons. The second-order valence-electron chi connectivity index (χ2n) is 4.65. The summed E-state index contributed by atoms with van der Waals surface area (Å²) in [5.41, 5.74) is 6.25. The minimum atomic E-state index is -1.05. The molecule has 1 atom stereocenters. The van der Waals surface area contributed by atoms with Gasteiger partial charge < -0.3 is 15.7 Å². The van der Waals surface area contributed by atoms with E-state index >= 15 is 0 Å². The second-order valence-corrected chi connectivity index (χ2v) is 5.68. The van der Waals surface area contributed by atoms with E-state index in [0.717, 1.165) is 5.69 Å². The Balaban J connectivity index is 2.61. The molecule has 110 valence electrons. The summed E-state index contributed by atoms with van der Waals surface area (Å²) in [6.45, 7) is 3.89. The number of hydrogen-bond acceptors (Lipinski definition) is 4. The SMILES string of the molecule is CC(C)N(C(=O)CSCC(N)C(=O)O)c1ccccc1. The molecule has 0 bridgehead atoms. The third-order valence-corrected chi connectivity index (χ3v) is 3.71. The third-order valence-electron chi connectivity index (χ3n) is 2.66. The molecule has 0 aliphatic heterocycles. The number of para-hydroxylation sites is 1. The molecule has 0 fully saturated rings. The van der Waals surface area contributed by atoms with Gasteiger partial charge in [0.15, 0.2) is 0 Å². The van der Waals surface area contributed by atoms with Crippen LogP contribution in [0.1, 0.15) is 13.8 Å². The van der Waals surface area contributed by atoms with Crippen LogP contribution in [0.2, 0.25) is 0 Å². The zero-order chi connectivity index (χ0) is 15.1. The highest BCUT2D eigenvalue weighted by molar-refractivity contribution is 8.00. The molecule has 5 nitrogen and oxygen atoms in total. The summed E-state index contributed by atoms with van der Waals surface area (Å²) in [5.74, 6) is -0.655. The molecule has 1 rings (SSSR count). The van der Waals surface area contributed by atoms with Gasteiger partial charge in [0, 0.05) is 17.5 Å². The summed E-state index contributed by atoms with van der Waals surface area (Å²) in [6.07, 6.45) is 0. The Labute approximate surface area is 123 Å². The average Bonchev–Trinajstić information content (AvgIpc) is 2.39. The van der Waals surface area contributed by atoms with Gasteiger partial charge in [0.2, 0.25) is 5.91 Å². The monoisotopic (exact) mass is 296 g/mol. The summed E-state index contributed by atoms with van der Waals surface area (Å²) >= 11 is 1.24. The van der Waals surface area contributed by atoms with Crippen LogP contribution in [0.15, 0.2) is 30.3 Å². The molecule has 1 aromatic rings. The molecule has 6 heteroatoms. The molecular weight excluding hydrogens is 276 g/mol. The molecule has 0 spiro atoms. The normalized spacial score (nSPS) is 12.2. The van der Waals surface area contributed by atoms with Gasteiger partial charge in [-0.25, -0.2) is 0 Å². The molecule has 20 heavy (non-hydrogen) atoms. The summed E-state index contributed by atoms with van der Waals surface area (Å²) in [4.78, 5) is 24.6. The Morgan fingerprint density at radius 2 is 1.90 bits per heavy atom. The first kappa shape index (κ1) is 16.5. The van der Waals surface area contributed by atoms with Crippen LogP contribution < -0.4 is 10.6 Å². The van der Waals surface area contributed by atoms with Crippen LogP contribution in [0.25, 0.3) is 0 Å². The predicted molar refractivity (Wildman–Crippen MR) is 82.0 cm³/mol. The molecule has 0 saturated carbocycles. The van der Waals surface area contributed by atoms with Crippen molar-refractivity contribution in [2.24, 2.45) is 5.73 Å². The minimum absolute atomic E-state index is 0.0404. The highest BCUT2D eigenvalue weighted by Crippen LogP contribution is 2.18. The van der Waals surface area contributed by atoms with Crippen LogP contribution >= 0.6 is 11.8 Å². The zero-order valence-electron chi connectivity index (χ0n) is 11.7. The summed E-state index contributed by atoms with van der Waals surface area (Å²) in [7, 11) is 0. The van der Waals surface area contributed by atoms with Gasteiger partial charge in [-0.2, -0.15) is 0 Å². The highest BCUT2D eigenvalue weighted by Gasteiger charge is 2.19. The Morgan fingerprint density at radius 3 is 2.40 bits per heavy atom. The maximum Gasteiger partial charge on any atom is 0.321 e. The van der Waals surface area contributed by atoms with Crippen LogP contribution in [-0.2, 0) is 9.59 Å². The Hall–Kier alpha value is -1.53. The largest absolute Gasteiger partial charge is 0.480 e. The molecule has 0 heterocycles. The van der Waals surface area contributed by atoms with Crippen LogP contribution in [0.4, 0.5) is 5.69 Å². The maximum atomic E-state index is 12.3. The molecule has 0 aromatic heterocycles. The maximum absolute atomic E-state index is 12.3. The van der Waals surface area contributed by atoms with Crippen molar-refractivity contribution in [2.75, 3.05) is 16.4 Å². The Kier molecular flexibility index (Phi) is 6.54. The fourth-order valence-corrected chi connectivity index (χ4v) is 2.56. The van der Waals surface area contributed by atoms with E-state index in [4.69, 9.17) is 10.8 Å². The topological polar surface area (TPSA) is 83.6 Å². The molecule has 1 unspecified atom stereocenters. The third kappa shape index (κ3) is 4.86. The highest BCUT2D eigenvalue weighted by atomic mass is 32.2. The zero-order valence-corrected chi connectivity index (χ0v) is 12.5. The fraction of sp³-hybridized carbons (Fsp3) is 0.429. The number of thioether (sulfide) groups is 1. The smallest absolute Gasteiger partial charge is 0.321 e. The summed E-state index contributed by atoms with van der Waals surface area (Å²) in [5, 5.41) is 8.69. The van der Waals surface area contributed by atoms with E-state index in [2.05, 4.69) is 0 Å². The van der Waals surface area contributed by atoms with Crippen molar-refractivity contribution in [2.45, 2.75) is 25.9 Å². The Morgan fingerprint density at radius 1 is 1.30 bits per heavy atom. The number of carboxylic acids is 1. The number of aliphatic carboxylic acids is 1. The van der Waals surface area contributed by atoms with Crippen LogP contribution in [0.3, 0.4) is 0 Å². The minimum Gasteiger partial charge on any atom is -0.480 e. The summed E-state index contributed by atoms with van der Waals surface area (Å²) < 4.78 is 0. The van der Waals surface area contributed by atoms with Gasteiger partial charge in [0.1, 0.15) is 6.04 Å². The quantitative estimate of drug-likeness (QED) is 0.798. The number of anilines is 1. The molecular formula is C14H20N2O3S. The van der Waals surface area contributed by atoms with Gasteiger partial charge in [-0.3, -0.25) is 9.59 Å². The first-order valence-corrected chi connectivity index (χ1v) is 7.52. The average molecular weight is 296 g/mol. The van der Waals surface area contributed by atoms with E-state index in [0.29, 0.717) is 0 Å². The van der Waals surface area contributed by atoms with Crippen molar-refractivity contribution in [3.8, 4) is 0 Å². The summed E-state index contributed by atoms with van der Waals surface area (Å²) in [6, 6.07) is 8.52. The van der Waals surface area contributed by atoms with Crippen molar-refractivity contribution >= 4 is 29.3 Å². The van der Waals surface area contributed by atoms with Gasteiger partial charge in [-0.15, -0.1) is 11.8 Å². The van der Waals surface area contributed by atoms with Gasteiger partial charge in [0.05, 0.1) is 5.75 Å². The van der Waals surface area contributed by atoms with Crippen molar-refractivity contribution in [1.29, 1.82) is 0 Å². The van der Waals surface area contributed by atoms with Gasteiger partial charge >= 0.3 is 5.97 Å². The Bertz CT molecular complexity index is 451. The molecule has 0 aliphatic carbocycles. The van der Waals surface area contributed by atoms with Gasteiger partial charge in [0.25, 0.3) is 0 Å². The number of hydrogen-bond donors (Lipinski definition) is 2. The van der Waals surface area contributed by atoms with E-state index < -0.39 is 12.0 Å². The number of nitrogens with two attached hydrogens (primary N) is 1. The standard InChI is InChI=1S/C14H20N2O3S/c1-10(2)16(11-6-4-3-5-7-11)13(17)9-20-8-12(15)14(18)19/h3-7,10,12H,8-9,15H2,1-2H3,(H,18,19). The first-order chi connectivity index (χ1) is 9.43. The second kappa shape index (κ2) is 7.91. The van der Waals surface area contributed by atoms with Crippen molar-refractivity contribution in [1.82, 2.24) is 0 Å². The van der Waals surface area contributed by atoms with E-state index in [1.54, 1.807) is 4.90 Å². The fourth-order valence-electron chi connectivity index (χ4n) is 1.73. The number of carbonyl (C=O) groups is 2. The lowest BCUT2D eigenvalue weighted by Gasteiger charge is -2.27. The number of carbonyl (C=O) groups excluding carboxylic acids is 1. The first-order valence-electron chi connectivity index (χ1n) is 6.36. The van der Waals surface area contributed by atoms with Crippen molar-refractivity contribution < 1.29 is 14.7 Å². The lowest BCUT2D eigenvalue weighted by atomic mass is 10.2. The predicted octanol–water partition coefficient (Wildman–Crippen LogP) is 1.57. The van der Waals surface area contributed by atoms with Gasteiger partial charge in [-0.1, -0.05) is 18.2 Å². The van der Waals surface area contributed by atoms with Gasteiger partial charge in [-0.05, 0) is 26.0 Å². The number of nitrogens with zero attached hydrogens (tertiary/aromatic N) is 1. The van der Waals surface area contributed by atoms with Crippen molar-refractivity contribution in [3.63, 3.8) is 0 Å². The molecule has 0 aliphatic rings. The molecule has 1 amide bonds. The lowest BCUT2D eigenvalue weighted by Crippen LogP contribution is -2.39. The number of carboxylic acid groups (broad SMARTS) is 1. The van der Waals surface area contributed by atoms with E-state index in [1.807, 2.05) is 44.2 Å². The van der Waals surface area contributed by atoms with E-state index in [1.165, 1.54) is 11.8 Å². The number of rotatable bonds is 7. The van der Waals surface area contributed by atoms with Crippen LogP contribution in [0.5, 0.6) is 0 Å². The van der Waals surface area contributed by atoms with E-state index in [9.17, 15) is 9.59 Å². The molecule has 3 N–H and O–H groups in total. The number of amides is 1.